The molecule has 0 aromatic carbocycles. The fraction of sp³-hybridized carbons (Fsp3) is 0.308. The highest BCUT2D eigenvalue weighted by atomic mass is 19.1. The lowest BCUT2D eigenvalue weighted by molar-refractivity contribution is 0.402. The second-order valence-corrected chi connectivity index (χ2v) is 4.06. The number of nitrogens with zero attached hydrogens (tertiary/aromatic N) is 1. The Morgan fingerprint density at radius 2 is 2.12 bits per heavy atom. The molecule has 2 rings (SSSR count). The zero-order valence-electron chi connectivity index (χ0n) is 9.85. The molecule has 0 radical (unpaired) electrons. The molecule has 90 valence electrons. The topological polar surface area (TPSA) is 38.1 Å². The van der Waals surface area contributed by atoms with Gasteiger partial charge in [0.2, 0.25) is 0 Å². The van der Waals surface area contributed by atoms with Crippen LogP contribution in [0, 0.1) is 5.82 Å². The molecular formula is C13H15FN2O. The molecule has 3 nitrogen and oxygen atoms in total. The second-order valence-electron chi connectivity index (χ2n) is 4.06. The van der Waals surface area contributed by atoms with E-state index in [4.69, 9.17) is 4.42 Å². The Morgan fingerprint density at radius 3 is 2.76 bits per heavy atom. The van der Waals surface area contributed by atoms with Crippen molar-refractivity contribution in [2.45, 2.75) is 25.9 Å². The SMILES string of the molecule is CC(N[C@H](C)c1ccco1)c1cncc(F)c1. The Balaban J connectivity index is 2.04. The standard InChI is InChI=1S/C13H15FN2O/c1-9(11-6-12(14)8-15-7-11)16-10(2)13-4-3-5-17-13/h3-10,16H,1-2H3/t9?,10-/m1/s1. The van der Waals surface area contributed by atoms with Crippen molar-refractivity contribution in [2.75, 3.05) is 0 Å². The van der Waals surface area contributed by atoms with E-state index in [1.807, 2.05) is 26.0 Å². The summed E-state index contributed by atoms with van der Waals surface area (Å²) in [6.45, 7) is 3.97. The molecule has 0 spiro atoms. The number of hydrogen-bond donors (Lipinski definition) is 1. The van der Waals surface area contributed by atoms with Gasteiger partial charge in [0.05, 0.1) is 18.5 Å². The third-order valence-electron chi connectivity index (χ3n) is 2.70. The fourth-order valence-corrected chi connectivity index (χ4v) is 1.76. The van der Waals surface area contributed by atoms with Crippen molar-refractivity contribution in [3.05, 3.63) is 54.0 Å². The Morgan fingerprint density at radius 1 is 1.29 bits per heavy atom. The van der Waals surface area contributed by atoms with Crippen LogP contribution in [0.2, 0.25) is 0 Å². The maximum atomic E-state index is 13.0. The zero-order chi connectivity index (χ0) is 12.3. The maximum absolute atomic E-state index is 13.0. The van der Waals surface area contributed by atoms with E-state index in [2.05, 4.69) is 10.3 Å². The van der Waals surface area contributed by atoms with Gasteiger partial charge < -0.3 is 9.73 Å². The summed E-state index contributed by atoms with van der Waals surface area (Å²) in [5, 5.41) is 3.33. The molecule has 2 aromatic rings. The summed E-state index contributed by atoms with van der Waals surface area (Å²) in [5.74, 6) is 0.544. The number of hydrogen-bond acceptors (Lipinski definition) is 3. The lowest BCUT2D eigenvalue weighted by Gasteiger charge is -2.18. The predicted octanol–water partition coefficient (Wildman–Crippen LogP) is 3.23. The summed E-state index contributed by atoms with van der Waals surface area (Å²) in [4.78, 5) is 3.84. The van der Waals surface area contributed by atoms with E-state index in [9.17, 15) is 4.39 Å². The van der Waals surface area contributed by atoms with Crippen LogP contribution in [-0.2, 0) is 0 Å². The van der Waals surface area contributed by atoms with Crippen LogP contribution in [0.4, 0.5) is 4.39 Å². The minimum atomic E-state index is -0.318. The van der Waals surface area contributed by atoms with E-state index in [1.165, 1.54) is 12.3 Å². The highest BCUT2D eigenvalue weighted by Crippen LogP contribution is 2.19. The molecule has 2 aromatic heterocycles. The van der Waals surface area contributed by atoms with Gasteiger partial charge in [0.15, 0.2) is 0 Å². The molecule has 4 heteroatoms. The number of nitrogens with one attached hydrogen (secondary N) is 1. The lowest BCUT2D eigenvalue weighted by atomic mass is 10.1. The van der Waals surface area contributed by atoms with Gasteiger partial charge in [-0.2, -0.15) is 0 Å². The summed E-state index contributed by atoms with van der Waals surface area (Å²) in [5.41, 5.74) is 0.823. The highest BCUT2D eigenvalue weighted by molar-refractivity contribution is 5.15. The van der Waals surface area contributed by atoms with Crippen LogP contribution < -0.4 is 5.32 Å². The largest absolute Gasteiger partial charge is 0.468 e. The first kappa shape index (κ1) is 11.8. The van der Waals surface area contributed by atoms with Gasteiger partial charge in [-0.25, -0.2) is 4.39 Å². The Hall–Kier alpha value is -1.68. The quantitative estimate of drug-likeness (QED) is 0.882. The number of halogens is 1. The van der Waals surface area contributed by atoms with Crippen LogP contribution in [0.5, 0.6) is 0 Å². The van der Waals surface area contributed by atoms with Crippen LogP contribution in [0.3, 0.4) is 0 Å². The minimum Gasteiger partial charge on any atom is -0.468 e. The Bertz CT molecular complexity index is 470. The van der Waals surface area contributed by atoms with E-state index in [0.29, 0.717) is 0 Å². The van der Waals surface area contributed by atoms with Gasteiger partial charge in [-0.05, 0) is 37.6 Å². The smallest absolute Gasteiger partial charge is 0.141 e. The van der Waals surface area contributed by atoms with Crippen molar-refractivity contribution in [2.24, 2.45) is 0 Å². The molecule has 0 saturated heterocycles. The third-order valence-corrected chi connectivity index (χ3v) is 2.70. The average molecular weight is 234 g/mol. The lowest BCUT2D eigenvalue weighted by Crippen LogP contribution is -2.22. The van der Waals surface area contributed by atoms with E-state index in [1.54, 1.807) is 12.5 Å². The average Bonchev–Trinajstić information content (AvgIpc) is 2.82. The van der Waals surface area contributed by atoms with Crippen molar-refractivity contribution >= 4 is 0 Å². The molecule has 0 amide bonds. The van der Waals surface area contributed by atoms with Crippen LogP contribution in [0.25, 0.3) is 0 Å². The van der Waals surface area contributed by atoms with Gasteiger partial charge >= 0.3 is 0 Å². The summed E-state index contributed by atoms with van der Waals surface area (Å²) in [7, 11) is 0. The maximum Gasteiger partial charge on any atom is 0.141 e. The van der Waals surface area contributed by atoms with Gasteiger partial charge in [-0.15, -0.1) is 0 Å². The molecule has 2 heterocycles. The first-order valence-corrected chi connectivity index (χ1v) is 5.56. The fourth-order valence-electron chi connectivity index (χ4n) is 1.76. The van der Waals surface area contributed by atoms with E-state index < -0.39 is 0 Å². The van der Waals surface area contributed by atoms with Crippen molar-refractivity contribution in [1.82, 2.24) is 10.3 Å². The van der Waals surface area contributed by atoms with E-state index in [0.717, 1.165) is 11.3 Å². The van der Waals surface area contributed by atoms with E-state index in [-0.39, 0.29) is 17.9 Å². The van der Waals surface area contributed by atoms with E-state index >= 15 is 0 Å². The van der Waals surface area contributed by atoms with Crippen LogP contribution in [0.1, 0.15) is 37.3 Å². The zero-order valence-corrected chi connectivity index (χ0v) is 9.85. The summed E-state index contributed by atoms with van der Waals surface area (Å²) in [6, 6.07) is 5.33. The Labute approximate surface area is 99.7 Å². The van der Waals surface area contributed by atoms with Crippen molar-refractivity contribution < 1.29 is 8.81 Å². The molecule has 0 saturated carbocycles. The molecule has 1 N–H and O–H groups in total. The molecule has 0 aliphatic heterocycles. The number of pyridine rings is 1. The number of furan rings is 1. The predicted molar refractivity (Wildman–Crippen MR) is 62.9 cm³/mol. The monoisotopic (exact) mass is 234 g/mol. The molecule has 1 unspecified atom stereocenters. The van der Waals surface area contributed by atoms with Gasteiger partial charge in [0, 0.05) is 12.2 Å². The van der Waals surface area contributed by atoms with Gasteiger partial charge in [-0.1, -0.05) is 0 Å². The molecule has 0 aliphatic rings. The number of rotatable bonds is 4. The van der Waals surface area contributed by atoms with Gasteiger partial charge in [-0.3, -0.25) is 4.98 Å². The van der Waals surface area contributed by atoms with Crippen LogP contribution in [0.15, 0.2) is 41.3 Å². The number of aromatic nitrogens is 1. The van der Waals surface area contributed by atoms with Crippen molar-refractivity contribution in [3.8, 4) is 0 Å². The summed E-state index contributed by atoms with van der Waals surface area (Å²) in [6.07, 6.45) is 4.50. The normalized spacial score (nSPS) is 14.5. The minimum absolute atomic E-state index is 0.0123. The van der Waals surface area contributed by atoms with Crippen molar-refractivity contribution in [1.29, 1.82) is 0 Å². The molecule has 17 heavy (non-hydrogen) atoms. The first-order valence-electron chi connectivity index (χ1n) is 5.56. The molecule has 0 bridgehead atoms. The van der Waals surface area contributed by atoms with Crippen LogP contribution >= 0.6 is 0 Å². The molecule has 2 atom stereocenters. The molecule has 0 fully saturated rings. The molecular weight excluding hydrogens is 219 g/mol. The van der Waals surface area contributed by atoms with Gasteiger partial charge in [0.1, 0.15) is 11.6 Å². The summed E-state index contributed by atoms with van der Waals surface area (Å²) >= 11 is 0. The second kappa shape index (κ2) is 5.10. The van der Waals surface area contributed by atoms with Crippen LogP contribution in [-0.4, -0.2) is 4.98 Å². The first-order chi connectivity index (χ1) is 8.16. The van der Waals surface area contributed by atoms with Gasteiger partial charge in [0.25, 0.3) is 0 Å². The summed E-state index contributed by atoms with van der Waals surface area (Å²) < 4.78 is 18.3. The van der Waals surface area contributed by atoms with Crippen molar-refractivity contribution in [3.63, 3.8) is 0 Å². The highest BCUT2D eigenvalue weighted by Gasteiger charge is 2.13. The molecule has 0 aliphatic carbocycles. The Kier molecular flexibility index (Phi) is 3.54. The third kappa shape index (κ3) is 2.91.